The molecule has 0 unspecified atom stereocenters. The lowest BCUT2D eigenvalue weighted by Gasteiger charge is -2.28. The molecule has 118 valence electrons. The van der Waals surface area contributed by atoms with Gasteiger partial charge in [-0.15, -0.1) is 11.3 Å². The molecule has 4 nitrogen and oxygen atoms in total. The fourth-order valence-electron chi connectivity index (χ4n) is 2.87. The third-order valence-corrected chi connectivity index (χ3v) is 5.45. The van der Waals surface area contributed by atoms with Gasteiger partial charge in [-0.3, -0.25) is 4.79 Å². The van der Waals surface area contributed by atoms with Crippen molar-refractivity contribution in [3.8, 4) is 17.3 Å². The van der Waals surface area contributed by atoms with Gasteiger partial charge in [-0.25, -0.2) is 4.98 Å². The summed E-state index contributed by atoms with van der Waals surface area (Å²) >= 11 is 4.83. The van der Waals surface area contributed by atoms with Gasteiger partial charge in [0.1, 0.15) is 5.41 Å². The molecular formula is C17H16BrN3OS. The van der Waals surface area contributed by atoms with Crippen molar-refractivity contribution in [3.05, 3.63) is 34.1 Å². The van der Waals surface area contributed by atoms with E-state index in [0.29, 0.717) is 18.0 Å². The molecule has 1 aliphatic rings. The predicted molar refractivity (Wildman–Crippen MR) is 95.0 cm³/mol. The summed E-state index contributed by atoms with van der Waals surface area (Å²) < 4.78 is 0.985. The molecule has 1 saturated carbocycles. The molecule has 1 fully saturated rings. The third-order valence-electron chi connectivity index (χ3n) is 4.20. The van der Waals surface area contributed by atoms with Crippen LogP contribution in [-0.4, -0.2) is 10.9 Å². The first-order valence-corrected chi connectivity index (χ1v) is 9.24. The summed E-state index contributed by atoms with van der Waals surface area (Å²) in [5.41, 5.74) is 0.921. The van der Waals surface area contributed by atoms with Gasteiger partial charge in [0.25, 0.3) is 0 Å². The lowest BCUT2D eigenvalue weighted by atomic mass is 9.74. The number of carbonyl (C=O) groups is 1. The summed E-state index contributed by atoms with van der Waals surface area (Å²) in [4.78, 5) is 17.0. The third kappa shape index (κ3) is 3.46. The normalized spacial score (nSPS) is 16.5. The zero-order valence-corrected chi connectivity index (χ0v) is 14.9. The Labute approximate surface area is 147 Å². The Morgan fingerprint density at radius 3 is 2.83 bits per heavy atom. The number of halogens is 1. The van der Waals surface area contributed by atoms with E-state index in [1.807, 2.05) is 29.6 Å². The van der Waals surface area contributed by atoms with Crippen molar-refractivity contribution in [1.29, 1.82) is 5.26 Å². The largest absolute Gasteiger partial charge is 0.301 e. The Hall–Kier alpha value is -1.71. The van der Waals surface area contributed by atoms with E-state index in [-0.39, 0.29) is 5.91 Å². The summed E-state index contributed by atoms with van der Waals surface area (Å²) in [7, 11) is 0. The lowest BCUT2D eigenvalue weighted by Crippen LogP contribution is -2.36. The van der Waals surface area contributed by atoms with Gasteiger partial charge in [-0.05, 0) is 25.0 Å². The van der Waals surface area contributed by atoms with Crippen molar-refractivity contribution in [1.82, 2.24) is 4.98 Å². The van der Waals surface area contributed by atoms with Gasteiger partial charge in [-0.2, -0.15) is 5.26 Å². The number of anilines is 1. The van der Waals surface area contributed by atoms with Crippen LogP contribution < -0.4 is 5.32 Å². The standard InChI is InChI=1S/C17H16BrN3OS/c18-13-6-4-5-12(9-13)14-10-23-16(20-14)21-15(22)17(11-19)7-2-1-3-8-17/h4-6,9-10H,1-3,7-8H2,(H,20,21,22). The minimum atomic E-state index is -0.889. The van der Waals surface area contributed by atoms with Gasteiger partial charge in [0.15, 0.2) is 5.13 Å². The van der Waals surface area contributed by atoms with Crippen LogP contribution in [0.4, 0.5) is 5.13 Å². The van der Waals surface area contributed by atoms with Crippen LogP contribution in [0, 0.1) is 16.7 Å². The van der Waals surface area contributed by atoms with E-state index in [1.165, 1.54) is 11.3 Å². The van der Waals surface area contributed by atoms with Crippen molar-refractivity contribution in [2.45, 2.75) is 32.1 Å². The smallest absolute Gasteiger partial charge is 0.246 e. The highest BCUT2D eigenvalue weighted by atomic mass is 79.9. The van der Waals surface area contributed by atoms with Crippen molar-refractivity contribution in [2.24, 2.45) is 5.41 Å². The SMILES string of the molecule is N#CC1(C(=O)Nc2nc(-c3cccc(Br)c3)cs2)CCCCC1. The molecule has 0 atom stereocenters. The van der Waals surface area contributed by atoms with Gasteiger partial charge >= 0.3 is 0 Å². The van der Waals surface area contributed by atoms with Crippen molar-refractivity contribution < 1.29 is 4.79 Å². The minimum Gasteiger partial charge on any atom is -0.301 e. The van der Waals surface area contributed by atoms with Crippen LogP contribution in [0.5, 0.6) is 0 Å². The number of nitrogens with one attached hydrogen (secondary N) is 1. The Morgan fingerprint density at radius 1 is 1.35 bits per heavy atom. The highest BCUT2D eigenvalue weighted by Gasteiger charge is 2.40. The molecule has 0 radical (unpaired) electrons. The number of benzene rings is 1. The van der Waals surface area contributed by atoms with E-state index in [0.717, 1.165) is 35.0 Å². The molecule has 1 amide bonds. The second kappa shape index (κ2) is 6.81. The number of nitriles is 1. The van der Waals surface area contributed by atoms with E-state index in [1.54, 1.807) is 0 Å². The minimum absolute atomic E-state index is 0.213. The van der Waals surface area contributed by atoms with Gasteiger partial charge in [0.05, 0.1) is 11.8 Å². The maximum absolute atomic E-state index is 12.5. The number of thiazole rings is 1. The molecule has 0 bridgehead atoms. The van der Waals surface area contributed by atoms with Gasteiger partial charge in [0.2, 0.25) is 5.91 Å². The molecule has 1 aliphatic carbocycles. The Morgan fingerprint density at radius 2 is 2.13 bits per heavy atom. The van der Waals surface area contributed by atoms with Crippen LogP contribution in [0.3, 0.4) is 0 Å². The first-order valence-electron chi connectivity index (χ1n) is 7.57. The fraction of sp³-hybridized carbons (Fsp3) is 0.353. The van der Waals surface area contributed by atoms with Gasteiger partial charge in [0, 0.05) is 15.4 Å². The van der Waals surface area contributed by atoms with Crippen LogP contribution in [0.1, 0.15) is 32.1 Å². The Balaban J connectivity index is 1.76. The molecule has 1 heterocycles. The number of aromatic nitrogens is 1. The Kier molecular flexibility index (Phi) is 4.79. The zero-order valence-electron chi connectivity index (χ0n) is 12.5. The number of rotatable bonds is 3. The fourth-order valence-corrected chi connectivity index (χ4v) is 3.99. The summed E-state index contributed by atoms with van der Waals surface area (Å²) in [6.45, 7) is 0. The predicted octanol–water partition coefficient (Wildman–Crippen LogP) is 4.99. The molecule has 1 aromatic heterocycles. The second-order valence-corrected chi connectivity index (χ2v) is 7.53. The second-order valence-electron chi connectivity index (χ2n) is 5.76. The maximum atomic E-state index is 12.5. The molecule has 23 heavy (non-hydrogen) atoms. The van der Waals surface area contributed by atoms with Gasteiger partial charge < -0.3 is 5.32 Å². The van der Waals surface area contributed by atoms with Crippen molar-refractivity contribution in [2.75, 3.05) is 5.32 Å². The van der Waals surface area contributed by atoms with Gasteiger partial charge in [-0.1, -0.05) is 47.3 Å². The Bertz CT molecular complexity index is 759. The number of carbonyl (C=O) groups excluding carboxylic acids is 1. The van der Waals surface area contributed by atoms with E-state index in [4.69, 9.17) is 0 Å². The summed E-state index contributed by atoms with van der Waals surface area (Å²) in [6, 6.07) is 10.1. The molecule has 3 rings (SSSR count). The molecule has 0 aliphatic heterocycles. The first kappa shape index (κ1) is 16.2. The quantitative estimate of drug-likeness (QED) is 0.803. The first-order chi connectivity index (χ1) is 11.1. The molecule has 2 aromatic rings. The number of hydrogen-bond acceptors (Lipinski definition) is 4. The van der Waals surface area contributed by atoms with Crippen LogP contribution in [0.15, 0.2) is 34.1 Å². The lowest BCUT2D eigenvalue weighted by molar-refractivity contribution is -0.124. The van der Waals surface area contributed by atoms with Crippen LogP contribution in [-0.2, 0) is 4.79 Å². The van der Waals surface area contributed by atoms with Crippen LogP contribution >= 0.6 is 27.3 Å². The maximum Gasteiger partial charge on any atom is 0.246 e. The van der Waals surface area contributed by atoms with Crippen molar-refractivity contribution >= 4 is 38.3 Å². The highest BCUT2D eigenvalue weighted by molar-refractivity contribution is 9.10. The van der Waals surface area contributed by atoms with E-state index < -0.39 is 5.41 Å². The zero-order chi connectivity index (χ0) is 16.3. The molecular weight excluding hydrogens is 374 g/mol. The number of hydrogen-bond donors (Lipinski definition) is 1. The van der Waals surface area contributed by atoms with Crippen LogP contribution in [0.2, 0.25) is 0 Å². The highest BCUT2D eigenvalue weighted by Crippen LogP contribution is 2.37. The molecule has 0 spiro atoms. The topological polar surface area (TPSA) is 65.8 Å². The molecule has 1 aromatic carbocycles. The van der Waals surface area contributed by atoms with Crippen molar-refractivity contribution in [3.63, 3.8) is 0 Å². The number of amides is 1. The summed E-state index contributed by atoms with van der Waals surface area (Å²) in [5.74, 6) is -0.213. The van der Waals surface area contributed by atoms with Crippen LogP contribution in [0.25, 0.3) is 11.3 Å². The van der Waals surface area contributed by atoms with E-state index >= 15 is 0 Å². The van der Waals surface area contributed by atoms with E-state index in [2.05, 4.69) is 32.3 Å². The monoisotopic (exact) mass is 389 g/mol. The average Bonchev–Trinajstić information content (AvgIpc) is 3.04. The molecule has 6 heteroatoms. The summed E-state index contributed by atoms with van der Waals surface area (Å²) in [6.07, 6.45) is 4.24. The molecule has 1 N–H and O–H groups in total. The molecule has 0 saturated heterocycles. The number of nitrogens with zero attached hydrogens (tertiary/aromatic N) is 2. The average molecular weight is 390 g/mol. The van der Waals surface area contributed by atoms with E-state index in [9.17, 15) is 10.1 Å². The summed E-state index contributed by atoms with van der Waals surface area (Å²) in [5, 5.41) is 14.8.